The van der Waals surface area contributed by atoms with E-state index in [0.717, 1.165) is 37.0 Å². The van der Waals surface area contributed by atoms with Crippen LogP contribution in [-0.4, -0.2) is 76.6 Å². The van der Waals surface area contributed by atoms with Crippen LogP contribution in [0.4, 0.5) is 4.79 Å². The molecule has 2 aliphatic heterocycles. The summed E-state index contributed by atoms with van der Waals surface area (Å²) >= 11 is 1.86. The van der Waals surface area contributed by atoms with Gasteiger partial charge in [-0.2, -0.15) is 11.8 Å². The van der Waals surface area contributed by atoms with Gasteiger partial charge in [0.1, 0.15) is 12.1 Å². The highest BCUT2D eigenvalue weighted by atomic mass is 32.2. The normalized spacial score (nSPS) is 23.7. The quantitative estimate of drug-likeness (QED) is 0.0826. The number of allylic oxidation sites excluding steroid dienone is 1. The van der Waals surface area contributed by atoms with Crippen LogP contribution < -0.4 is 15.5 Å². The molecule has 0 radical (unpaired) electrons. The van der Waals surface area contributed by atoms with E-state index in [1.807, 2.05) is 31.7 Å². The second-order valence-corrected chi connectivity index (χ2v) is 13.2. The molecule has 0 spiro atoms. The third kappa shape index (κ3) is 10.5. The zero-order chi connectivity index (χ0) is 28.5. The molecular formula is C25H43N3O8PS-. The Morgan fingerprint density at radius 1 is 1.32 bits per heavy atom. The minimum atomic E-state index is -4.68. The summed E-state index contributed by atoms with van der Waals surface area (Å²) in [4.78, 5) is 57.7. The second-order valence-electron chi connectivity index (χ2n) is 10.8. The van der Waals surface area contributed by atoms with Crippen molar-refractivity contribution in [2.45, 2.75) is 95.5 Å². The van der Waals surface area contributed by atoms with Gasteiger partial charge in [0, 0.05) is 24.5 Å². The van der Waals surface area contributed by atoms with E-state index in [9.17, 15) is 23.8 Å². The number of rotatable bonds is 16. The molecule has 0 aromatic heterocycles. The number of thioether (sulfide) groups is 1. The Morgan fingerprint density at radius 2 is 2.03 bits per heavy atom. The summed E-state index contributed by atoms with van der Waals surface area (Å²) in [7, 11) is -3.05. The van der Waals surface area contributed by atoms with Gasteiger partial charge in [0.15, 0.2) is 0 Å². The van der Waals surface area contributed by atoms with Gasteiger partial charge in [0.05, 0.1) is 18.7 Å². The van der Waals surface area contributed by atoms with Gasteiger partial charge in [0.2, 0.25) is 5.91 Å². The summed E-state index contributed by atoms with van der Waals surface area (Å²) in [5.41, 5.74) is -0.222. The number of phosphoric ester groups is 1. The molecule has 0 aliphatic carbocycles. The maximum absolute atomic E-state index is 12.8. The first-order chi connectivity index (χ1) is 17.7. The standard InChI is InChI=1S/C25H44N3O8PS/c1-17(13-14-36-37(32,33)34)9-8-10-18(2)15-35-23(30)25(3,4)28(5)21(29)12-7-6-11-20-22-19(16-38-20)26-24(31)27-22/h10,17,19-20,22H,6-9,11-16H2,1-5H3,(H2,26,27,31)(H2,32,33,34)/p-1/b18-10+/t17?,19?,20-,22?/m0/s1. The maximum atomic E-state index is 12.8. The fourth-order valence-corrected chi connectivity index (χ4v) is 6.30. The van der Waals surface area contributed by atoms with Crippen molar-refractivity contribution in [2.24, 2.45) is 5.92 Å². The van der Waals surface area contributed by atoms with Crippen LogP contribution in [0.2, 0.25) is 0 Å². The van der Waals surface area contributed by atoms with Gasteiger partial charge in [0.25, 0.3) is 7.82 Å². The van der Waals surface area contributed by atoms with Gasteiger partial charge in [-0.1, -0.05) is 19.4 Å². The van der Waals surface area contributed by atoms with Crippen molar-refractivity contribution < 1.29 is 38.0 Å². The van der Waals surface area contributed by atoms with E-state index in [-0.39, 0.29) is 43.2 Å². The first-order valence-corrected chi connectivity index (χ1v) is 15.7. The molecule has 0 saturated carbocycles. The average molecular weight is 577 g/mol. The number of urea groups is 1. The van der Waals surface area contributed by atoms with E-state index in [2.05, 4.69) is 15.2 Å². The first-order valence-electron chi connectivity index (χ1n) is 13.2. The Bertz CT molecular complexity index is 909. The Labute approximate surface area is 230 Å². The summed E-state index contributed by atoms with van der Waals surface area (Å²) in [6, 6.07) is 0.257. The van der Waals surface area contributed by atoms with Crippen LogP contribution in [-0.2, 0) is 23.4 Å². The van der Waals surface area contributed by atoms with Gasteiger partial charge >= 0.3 is 12.0 Å². The lowest BCUT2D eigenvalue weighted by molar-refractivity contribution is -0.220. The lowest BCUT2D eigenvalue weighted by atomic mass is 10.0. The van der Waals surface area contributed by atoms with Crippen LogP contribution in [0, 0.1) is 5.92 Å². The number of nitrogens with one attached hydrogen (secondary N) is 2. The third-order valence-corrected chi connectivity index (χ3v) is 9.25. The van der Waals surface area contributed by atoms with Crippen LogP contribution in [0.3, 0.4) is 0 Å². The highest BCUT2D eigenvalue weighted by molar-refractivity contribution is 8.00. The van der Waals surface area contributed by atoms with Gasteiger partial charge in [-0.3, -0.25) is 9.36 Å². The van der Waals surface area contributed by atoms with Crippen molar-refractivity contribution in [3.05, 3.63) is 11.6 Å². The minimum Gasteiger partial charge on any atom is -0.756 e. The van der Waals surface area contributed by atoms with Crippen LogP contribution in [0.25, 0.3) is 0 Å². The summed E-state index contributed by atoms with van der Waals surface area (Å²) in [6.45, 7) is 7.24. The number of unbranched alkanes of at least 4 members (excludes halogenated alkanes) is 1. The molecule has 0 bridgehead atoms. The molecule has 4 unspecified atom stereocenters. The van der Waals surface area contributed by atoms with E-state index < -0.39 is 19.3 Å². The summed E-state index contributed by atoms with van der Waals surface area (Å²) in [5, 5.41) is 6.27. The molecule has 5 atom stereocenters. The summed E-state index contributed by atoms with van der Waals surface area (Å²) in [6.07, 6.45) is 6.84. The van der Waals surface area contributed by atoms with Crippen molar-refractivity contribution in [2.75, 3.05) is 26.0 Å². The zero-order valence-corrected chi connectivity index (χ0v) is 24.8. The van der Waals surface area contributed by atoms with Crippen molar-refractivity contribution >= 4 is 37.5 Å². The smallest absolute Gasteiger partial charge is 0.331 e. The van der Waals surface area contributed by atoms with Crippen molar-refractivity contribution in [1.82, 2.24) is 15.5 Å². The lowest BCUT2D eigenvalue weighted by Gasteiger charge is -2.33. The lowest BCUT2D eigenvalue weighted by Crippen LogP contribution is -2.51. The number of ether oxygens (including phenoxy) is 1. The fourth-order valence-electron chi connectivity index (χ4n) is 4.42. The van der Waals surface area contributed by atoms with Crippen LogP contribution in [0.5, 0.6) is 0 Å². The number of phosphoric acid groups is 1. The van der Waals surface area contributed by atoms with Crippen molar-refractivity contribution in [1.29, 1.82) is 0 Å². The van der Waals surface area contributed by atoms with Gasteiger partial charge in [-0.15, -0.1) is 0 Å². The number of esters is 1. The molecule has 0 aromatic rings. The first kappa shape index (κ1) is 32.6. The molecular weight excluding hydrogens is 533 g/mol. The zero-order valence-electron chi connectivity index (χ0n) is 23.1. The molecule has 13 heteroatoms. The van der Waals surface area contributed by atoms with Crippen molar-refractivity contribution in [3.63, 3.8) is 0 Å². The number of hydrogen-bond acceptors (Lipinski definition) is 8. The van der Waals surface area contributed by atoms with Gasteiger partial charge in [-0.25, -0.2) is 9.59 Å². The molecule has 0 aromatic carbocycles. The Hall–Kier alpha value is -1.59. The van der Waals surface area contributed by atoms with E-state index in [4.69, 9.17) is 9.63 Å². The second kappa shape index (κ2) is 14.7. The van der Waals surface area contributed by atoms with Gasteiger partial charge < -0.3 is 34.6 Å². The minimum absolute atomic E-state index is 0.0576. The molecule has 2 heterocycles. The SMILES string of the molecule is C/C(=C\CCC(C)CCOP(=O)([O-])O)COC(=O)C(C)(C)N(C)C(=O)CCCC[C@@H]1SCC2NC(=O)NC21. The van der Waals surface area contributed by atoms with E-state index in [1.54, 1.807) is 20.9 Å². The number of likely N-dealkylation sites (N-methyl/N-ethyl adjacent to an activating group) is 1. The fraction of sp³-hybridized carbons (Fsp3) is 0.800. The average Bonchev–Trinajstić information content (AvgIpc) is 3.37. The molecule has 2 aliphatic rings. The Morgan fingerprint density at radius 3 is 2.71 bits per heavy atom. The van der Waals surface area contributed by atoms with Crippen LogP contribution >= 0.6 is 19.6 Å². The number of fused-ring (bicyclic) bond motifs is 1. The molecule has 38 heavy (non-hydrogen) atoms. The molecule has 3 amide bonds. The molecule has 3 N–H and O–H groups in total. The number of nitrogens with zero attached hydrogens (tertiary/aromatic N) is 1. The van der Waals surface area contributed by atoms with E-state index >= 15 is 0 Å². The third-order valence-electron chi connectivity index (χ3n) is 7.23. The Kier molecular flexibility index (Phi) is 12.6. The largest absolute Gasteiger partial charge is 0.756 e. The van der Waals surface area contributed by atoms with Crippen LogP contribution in [0.1, 0.15) is 72.6 Å². The predicted molar refractivity (Wildman–Crippen MR) is 144 cm³/mol. The highest BCUT2D eigenvalue weighted by Gasteiger charge is 2.42. The number of carbonyl (C=O) groups is 3. The maximum Gasteiger partial charge on any atom is 0.331 e. The number of hydrogen-bond donors (Lipinski definition) is 3. The molecule has 2 saturated heterocycles. The molecule has 2 rings (SSSR count). The van der Waals surface area contributed by atoms with Gasteiger partial charge in [-0.05, 0) is 64.4 Å². The number of amides is 3. The topological polar surface area (TPSA) is 157 Å². The number of carbonyl (C=O) groups excluding carboxylic acids is 3. The predicted octanol–water partition coefficient (Wildman–Crippen LogP) is 2.72. The van der Waals surface area contributed by atoms with Crippen LogP contribution in [0.15, 0.2) is 11.6 Å². The van der Waals surface area contributed by atoms with E-state index in [0.29, 0.717) is 24.5 Å². The Balaban J connectivity index is 1.65. The molecule has 2 fully saturated rings. The van der Waals surface area contributed by atoms with E-state index in [1.165, 1.54) is 4.90 Å². The molecule has 11 nitrogen and oxygen atoms in total. The highest BCUT2D eigenvalue weighted by Crippen LogP contribution is 2.33. The molecule has 218 valence electrons. The van der Waals surface area contributed by atoms with Crippen molar-refractivity contribution in [3.8, 4) is 0 Å². The monoisotopic (exact) mass is 576 g/mol. The summed E-state index contributed by atoms with van der Waals surface area (Å²) in [5.74, 6) is 0.519. The summed E-state index contributed by atoms with van der Waals surface area (Å²) < 4.78 is 20.5.